The van der Waals surface area contributed by atoms with E-state index < -0.39 is 0 Å². The number of halogens is 1. The molecule has 5 nitrogen and oxygen atoms in total. The number of nitrogens with one attached hydrogen (secondary N) is 2. The van der Waals surface area contributed by atoms with Gasteiger partial charge < -0.3 is 15.5 Å². The topological polar surface area (TPSA) is 53.1 Å². The Labute approximate surface area is 127 Å². The highest BCUT2D eigenvalue weighted by atomic mass is 79.9. The molecule has 0 radical (unpaired) electrons. The molecule has 20 heavy (non-hydrogen) atoms. The van der Waals surface area contributed by atoms with Gasteiger partial charge in [0.15, 0.2) is 0 Å². The third-order valence-corrected chi connectivity index (χ3v) is 3.09. The van der Waals surface area contributed by atoms with E-state index in [1.54, 1.807) is 6.20 Å². The van der Waals surface area contributed by atoms with Gasteiger partial charge in [0, 0.05) is 29.4 Å². The molecule has 0 aliphatic carbocycles. The Bertz CT molecular complexity index is 559. The van der Waals surface area contributed by atoms with E-state index in [9.17, 15) is 0 Å². The molecule has 1 aromatic carbocycles. The van der Waals surface area contributed by atoms with Crippen LogP contribution in [0.3, 0.4) is 0 Å². The van der Waals surface area contributed by atoms with Gasteiger partial charge in [0.05, 0.1) is 0 Å². The van der Waals surface area contributed by atoms with Crippen LogP contribution in [-0.4, -0.2) is 42.1 Å². The molecule has 0 aliphatic heterocycles. The van der Waals surface area contributed by atoms with Crippen LogP contribution in [0.5, 0.6) is 0 Å². The molecular weight excluding hydrogens is 318 g/mol. The second-order valence-corrected chi connectivity index (χ2v) is 5.55. The molecule has 0 saturated heterocycles. The normalized spacial score (nSPS) is 10.6. The first-order chi connectivity index (χ1) is 9.63. The van der Waals surface area contributed by atoms with Crippen LogP contribution in [-0.2, 0) is 0 Å². The van der Waals surface area contributed by atoms with Crippen LogP contribution >= 0.6 is 15.9 Å². The maximum absolute atomic E-state index is 4.43. The third-order valence-electron chi connectivity index (χ3n) is 2.60. The monoisotopic (exact) mass is 335 g/mol. The molecular formula is C14H18BrN5. The van der Waals surface area contributed by atoms with E-state index in [1.807, 2.05) is 44.4 Å². The minimum Gasteiger partial charge on any atom is -0.369 e. The van der Waals surface area contributed by atoms with E-state index in [1.165, 1.54) is 0 Å². The molecule has 0 bridgehead atoms. The van der Waals surface area contributed by atoms with Crippen molar-refractivity contribution in [3.8, 4) is 0 Å². The Balaban J connectivity index is 1.99. The van der Waals surface area contributed by atoms with Crippen molar-refractivity contribution in [2.24, 2.45) is 0 Å². The fourth-order valence-electron chi connectivity index (χ4n) is 1.62. The number of nitrogens with zero attached hydrogens (tertiary/aromatic N) is 3. The van der Waals surface area contributed by atoms with Gasteiger partial charge in [0.2, 0.25) is 5.95 Å². The molecule has 0 aliphatic rings. The summed E-state index contributed by atoms with van der Waals surface area (Å²) in [5, 5.41) is 6.45. The van der Waals surface area contributed by atoms with Crippen molar-refractivity contribution in [2.75, 3.05) is 37.8 Å². The molecule has 2 aromatic rings. The number of anilines is 3. The summed E-state index contributed by atoms with van der Waals surface area (Å²) in [5.74, 6) is 1.40. The molecule has 2 rings (SSSR count). The molecule has 2 N–H and O–H groups in total. The summed E-state index contributed by atoms with van der Waals surface area (Å²) < 4.78 is 1.02. The molecule has 0 amide bonds. The minimum absolute atomic E-state index is 0.581. The Morgan fingerprint density at radius 3 is 2.85 bits per heavy atom. The molecule has 1 aromatic heterocycles. The zero-order valence-corrected chi connectivity index (χ0v) is 13.2. The van der Waals surface area contributed by atoms with Crippen molar-refractivity contribution < 1.29 is 0 Å². The SMILES string of the molecule is CN(C)CCNc1ccnc(Nc2cccc(Br)c2)n1. The Hall–Kier alpha value is -1.66. The van der Waals surface area contributed by atoms with Crippen LogP contribution in [0.4, 0.5) is 17.5 Å². The first-order valence-corrected chi connectivity index (χ1v) is 7.17. The van der Waals surface area contributed by atoms with Gasteiger partial charge in [-0.25, -0.2) is 4.98 Å². The van der Waals surface area contributed by atoms with Crippen molar-refractivity contribution >= 4 is 33.4 Å². The fraction of sp³-hybridized carbons (Fsp3) is 0.286. The van der Waals surface area contributed by atoms with Gasteiger partial charge >= 0.3 is 0 Å². The van der Waals surface area contributed by atoms with E-state index in [0.717, 1.165) is 29.1 Å². The summed E-state index contributed by atoms with van der Waals surface area (Å²) in [6.45, 7) is 1.80. The molecule has 6 heteroatoms. The molecule has 1 heterocycles. The molecule has 0 atom stereocenters. The maximum atomic E-state index is 4.43. The van der Waals surface area contributed by atoms with Gasteiger partial charge in [-0.05, 0) is 38.4 Å². The average molecular weight is 336 g/mol. The lowest BCUT2D eigenvalue weighted by Gasteiger charge is -2.11. The fourth-order valence-corrected chi connectivity index (χ4v) is 2.02. The Kier molecular flexibility index (Phi) is 5.31. The minimum atomic E-state index is 0.581. The number of likely N-dealkylation sites (N-methyl/N-ethyl adjacent to an activating group) is 1. The van der Waals surface area contributed by atoms with E-state index in [2.05, 4.69) is 41.4 Å². The predicted octanol–water partition coefficient (Wildman–Crippen LogP) is 2.96. The standard InChI is InChI=1S/C14H18BrN5/c1-20(2)9-8-16-13-6-7-17-14(19-13)18-12-5-3-4-11(15)10-12/h3-7,10H,8-9H2,1-2H3,(H2,16,17,18,19). The second-order valence-electron chi connectivity index (χ2n) is 4.63. The molecule has 0 saturated carbocycles. The molecule has 0 unspecified atom stereocenters. The van der Waals surface area contributed by atoms with Crippen LogP contribution in [0.15, 0.2) is 41.0 Å². The van der Waals surface area contributed by atoms with E-state index in [4.69, 9.17) is 0 Å². The van der Waals surface area contributed by atoms with Gasteiger partial charge in [0.25, 0.3) is 0 Å². The summed E-state index contributed by atoms with van der Waals surface area (Å²) in [6, 6.07) is 9.76. The molecule has 106 valence electrons. The van der Waals surface area contributed by atoms with Gasteiger partial charge in [0.1, 0.15) is 5.82 Å². The zero-order chi connectivity index (χ0) is 14.4. The highest BCUT2D eigenvalue weighted by molar-refractivity contribution is 9.10. The quantitative estimate of drug-likeness (QED) is 0.849. The van der Waals surface area contributed by atoms with Gasteiger partial charge in [-0.1, -0.05) is 22.0 Å². The Morgan fingerprint density at radius 2 is 2.10 bits per heavy atom. The summed E-state index contributed by atoms with van der Waals surface area (Å²) >= 11 is 3.44. The van der Waals surface area contributed by atoms with Crippen molar-refractivity contribution in [1.29, 1.82) is 0 Å². The number of rotatable bonds is 6. The first-order valence-electron chi connectivity index (χ1n) is 6.38. The van der Waals surface area contributed by atoms with Crippen molar-refractivity contribution in [3.05, 3.63) is 41.0 Å². The van der Waals surface area contributed by atoms with Crippen molar-refractivity contribution in [2.45, 2.75) is 0 Å². The third kappa shape index (κ3) is 4.79. The van der Waals surface area contributed by atoms with Gasteiger partial charge in [-0.15, -0.1) is 0 Å². The van der Waals surface area contributed by atoms with Crippen LogP contribution < -0.4 is 10.6 Å². The first kappa shape index (κ1) is 14.7. The van der Waals surface area contributed by atoms with Crippen molar-refractivity contribution in [3.63, 3.8) is 0 Å². The lowest BCUT2D eigenvalue weighted by molar-refractivity contribution is 0.425. The smallest absolute Gasteiger partial charge is 0.229 e. The second kappa shape index (κ2) is 7.21. The van der Waals surface area contributed by atoms with Crippen LogP contribution in [0, 0.1) is 0 Å². The van der Waals surface area contributed by atoms with Crippen molar-refractivity contribution in [1.82, 2.24) is 14.9 Å². The summed E-state index contributed by atoms with van der Waals surface area (Å²) in [5.41, 5.74) is 0.949. The number of hydrogen-bond acceptors (Lipinski definition) is 5. The molecule has 0 fully saturated rings. The van der Waals surface area contributed by atoms with E-state index in [0.29, 0.717) is 5.95 Å². The van der Waals surface area contributed by atoms with Crippen LogP contribution in [0.2, 0.25) is 0 Å². The summed E-state index contributed by atoms with van der Waals surface area (Å²) in [6.07, 6.45) is 1.74. The molecule has 0 spiro atoms. The summed E-state index contributed by atoms with van der Waals surface area (Å²) in [7, 11) is 4.09. The lowest BCUT2D eigenvalue weighted by Crippen LogP contribution is -2.21. The van der Waals surface area contributed by atoms with E-state index >= 15 is 0 Å². The summed E-state index contributed by atoms with van der Waals surface area (Å²) in [4.78, 5) is 10.8. The maximum Gasteiger partial charge on any atom is 0.229 e. The highest BCUT2D eigenvalue weighted by Gasteiger charge is 2.00. The van der Waals surface area contributed by atoms with Crippen LogP contribution in [0.1, 0.15) is 0 Å². The predicted molar refractivity (Wildman–Crippen MR) is 86.5 cm³/mol. The van der Waals surface area contributed by atoms with Gasteiger partial charge in [-0.3, -0.25) is 0 Å². The number of benzene rings is 1. The Morgan fingerprint density at radius 1 is 1.25 bits per heavy atom. The highest BCUT2D eigenvalue weighted by Crippen LogP contribution is 2.18. The number of hydrogen-bond donors (Lipinski definition) is 2. The average Bonchev–Trinajstić information content (AvgIpc) is 2.39. The largest absolute Gasteiger partial charge is 0.369 e. The van der Waals surface area contributed by atoms with Crippen LogP contribution in [0.25, 0.3) is 0 Å². The van der Waals surface area contributed by atoms with E-state index in [-0.39, 0.29) is 0 Å². The number of aromatic nitrogens is 2. The lowest BCUT2D eigenvalue weighted by atomic mass is 10.3. The van der Waals surface area contributed by atoms with Gasteiger partial charge in [-0.2, -0.15) is 4.98 Å². The zero-order valence-electron chi connectivity index (χ0n) is 11.6.